The van der Waals surface area contributed by atoms with Crippen LogP contribution in [0.5, 0.6) is 5.75 Å². The van der Waals surface area contributed by atoms with Crippen molar-refractivity contribution in [3.8, 4) is 5.75 Å². The Bertz CT molecular complexity index is 932. The van der Waals surface area contributed by atoms with E-state index in [1.54, 1.807) is 35.2 Å². The molecule has 0 N–H and O–H groups in total. The molecule has 2 fully saturated rings. The molecule has 0 radical (unpaired) electrons. The monoisotopic (exact) mass is 402 g/mol. The van der Waals surface area contributed by atoms with Gasteiger partial charge in [-0.1, -0.05) is 11.8 Å². The second kappa shape index (κ2) is 7.24. The van der Waals surface area contributed by atoms with Gasteiger partial charge in [0.05, 0.1) is 5.69 Å². The molecule has 3 aromatic rings. The lowest BCUT2D eigenvalue weighted by Gasteiger charge is -2.07. The minimum atomic E-state index is -0.264. The van der Waals surface area contributed by atoms with E-state index in [2.05, 4.69) is 25.1 Å². The Morgan fingerprint density at radius 2 is 1.96 bits per heavy atom. The molecule has 140 valence electrons. The van der Waals surface area contributed by atoms with Crippen molar-refractivity contribution in [1.82, 2.24) is 19.7 Å². The maximum atomic E-state index is 12.9. The van der Waals surface area contributed by atoms with Gasteiger partial charge in [-0.2, -0.15) is 0 Å². The van der Waals surface area contributed by atoms with Gasteiger partial charge in [0.15, 0.2) is 5.16 Å². The maximum Gasteiger partial charge on any atom is 0.191 e. The smallest absolute Gasteiger partial charge is 0.191 e. The van der Waals surface area contributed by atoms with Crippen LogP contribution in [0.4, 0.5) is 4.39 Å². The summed E-state index contributed by atoms with van der Waals surface area (Å²) in [4.78, 5) is 4.64. The zero-order valence-electron chi connectivity index (χ0n) is 14.7. The summed E-state index contributed by atoms with van der Waals surface area (Å²) in [6.07, 6.45) is 4.98. The number of halogens is 1. The first-order valence-corrected chi connectivity index (χ1v) is 11.0. The molecule has 2 aromatic heterocycles. The summed E-state index contributed by atoms with van der Waals surface area (Å²) >= 11 is 3.30. The predicted octanol–water partition coefficient (Wildman–Crippen LogP) is 4.96. The van der Waals surface area contributed by atoms with Gasteiger partial charge in [-0.3, -0.25) is 0 Å². The van der Waals surface area contributed by atoms with Crippen LogP contribution in [0.2, 0.25) is 0 Å². The third-order valence-electron chi connectivity index (χ3n) is 4.67. The molecule has 2 aliphatic carbocycles. The Balaban J connectivity index is 1.19. The van der Waals surface area contributed by atoms with E-state index in [4.69, 9.17) is 4.74 Å². The molecule has 0 atom stereocenters. The van der Waals surface area contributed by atoms with Gasteiger partial charge in [0.1, 0.15) is 29.0 Å². The van der Waals surface area contributed by atoms with E-state index in [0.717, 1.165) is 21.6 Å². The van der Waals surface area contributed by atoms with Gasteiger partial charge >= 0.3 is 0 Å². The van der Waals surface area contributed by atoms with Gasteiger partial charge in [0.2, 0.25) is 0 Å². The van der Waals surface area contributed by atoms with Crippen LogP contribution in [-0.4, -0.2) is 19.7 Å². The molecule has 2 heterocycles. The van der Waals surface area contributed by atoms with Gasteiger partial charge < -0.3 is 9.30 Å². The van der Waals surface area contributed by atoms with Crippen LogP contribution in [0.25, 0.3) is 0 Å². The highest BCUT2D eigenvalue weighted by Crippen LogP contribution is 2.46. The van der Waals surface area contributed by atoms with E-state index < -0.39 is 0 Å². The van der Waals surface area contributed by atoms with Crippen LogP contribution in [-0.2, 0) is 12.4 Å². The minimum absolute atomic E-state index is 0.264. The van der Waals surface area contributed by atoms with Crippen molar-refractivity contribution in [1.29, 1.82) is 0 Å². The molecule has 5 rings (SSSR count). The lowest BCUT2D eigenvalue weighted by atomic mass is 10.3. The molecule has 5 nitrogen and oxygen atoms in total. The molecule has 2 saturated carbocycles. The number of hydrogen-bond donors (Lipinski definition) is 0. The first kappa shape index (κ1) is 17.2. The number of ether oxygens (including phenoxy) is 1. The predicted molar refractivity (Wildman–Crippen MR) is 103 cm³/mol. The van der Waals surface area contributed by atoms with Crippen molar-refractivity contribution in [3.05, 3.63) is 52.0 Å². The topological polar surface area (TPSA) is 52.8 Å². The Labute approximate surface area is 165 Å². The zero-order chi connectivity index (χ0) is 18.2. The molecule has 1 aromatic carbocycles. The van der Waals surface area contributed by atoms with E-state index in [1.807, 2.05) is 0 Å². The standard InChI is InChI=1S/C19H19FN4OS2/c20-13-3-7-16(8-4-13)25-9-17-21-14(10-26-17)11-27-19-23-22-18(12-1-2-12)24(19)15-5-6-15/h3-4,7-8,10,12,15H,1-2,5-6,9,11H2. The average Bonchev–Trinajstić information content (AvgIpc) is 3.61. The summed E-state index contributed by atoms with van der Waals surface area (Å²) in [5.74, 6) is 2.98. The van der Waals surface area contributed by atoms with Crippen LogP contribution in [0, 0.1) is 5.82 Å². The Morgan fingerprint density at radius 1 is 1.15 bits per heavy atom. The molecular weight excluding hydrogens is 383 g/mol. The Hall–Kier alpha value is -1.93. The van der Waals surface area contributed by atoms with Gasteiger partial charge in [-0.15, -0.1) is 21.5 Å². The largest absolute Gasteiger partial charge is 0.486 e. The third-order valence-corrected chi connectivity index (χ3v) is 6.52. The summed E-state index contributed by atoms with van der Waals surface area (Å²) in [6.45, 7) is 0.394. The molecule has 27 heavy (non-hydrogen) atoms. The van der Waals surface area contributed by atoms with Crippen molar-refractivity contribution in [2.75, 3.05) is 0 Å². The highest BCUT2D eigenvalue weighted by Gasteiger charge is 2.36. The van der Waals surface area contributed by atoms with Gasteiger partial charge in [0, 0.05) is 23.1 Å². The molecule has 0 saturated heterocycles. The molecule has 8 heteroatoms. The van der Waals surface area contributed by atoms with Crippen molar-refractivity contribution < 1.29 is 9.13 Å². The molecule has 2 aliphatic rings. The quantitative estimate of drug-likeness (QED) is 0.499. The minimum Gasteiger partial charge on any atom is -0.486 e. The zero-order valence-corrected chi connectivity index (χ0v) is 16.3. The third kappa shape index (κ3) is 4.01. The van der Waals surface area contributed by atoms with Crippen molar-refractivity contribution in [3.63, 3.8) is 0 Å². The normalized spacial score (nSPS) is 16.6. The molecule has 0 unspecified atom stereocenters. The van der Waals surface area contributed by atoms with Crippen LogP contribution >= 0.6 is 23.1 Å². The first-order valence-electron chi connectivity index (χ1n) is 9.15. The summed E-state index contributed by atoms with van der Waals surface area (Å²) in [6, 6.07) is 6.65. The van der Waals surface area contributed by atoms with Crippen molar-refractivity contribution >= 4 is 23.1 Å². The molecular formula is C19H19FN4OS2. The Kier molecular flexibility index (Phi) is 4.61. The fraction of sp³-hybridized carbons (Fsp3) is 0.421. The number of nitrogens with zero attached hydrogens (tertiary/aromatic N) is 4. The first-order chi connectivity index (χ1) is 13.3. The number of thiazole rings is 1. The second-order valence-electron chi connectivity index (χ2n) is 6.98. The van der Waals surface area contributed by atoms with Crippen LogP contribution in [0.15, 0.2) is 34.8 Å². The number of hydrogen-bond acceptors (Lipinski definition) is 6. The average molecular weight is 403 g/mol. The van der Waals surface area contributed by atoms with Crippen LogP contribution in [0.3, 0.4) is 0 Å². The summed E-state index contributed by atoms with van der Waals surface area (Å²) in [5.41, 5.74) is 1.03. The Morgan fingerprint density at radius 3 is 2.70 bits per heavy atom. The lowest BCUT2D eigenvalue weighted by molar-refractivity contribution is 0.305. The number of rotatable bonds is 8. The second-order valence-corrected chi connectivity index (χ2v) is 8.87. The lowest BCUT2D eigenvalue weighted by Crippen LogP contribution is -2.02. The maximum absolute atomic E-state index is 12.9. The van der Waals surface area contributed by atoms with E-state index in [1.165, 1.54) is 43.6 Å². The molecule has 0 aliphatic heterocycles. The van der Waals surface area contributed by atoms with Crippen molar-refractivity contribution in [2.24, 2.45) is 0 Å². The highest BCUT2D eigenvalue weighted by atomic mass is 32.2. The molecule has 0 spiro atoms. The van der Waals surface area contributed by atoms with Gasteiger partial charge in [-0.05, 0) is 49.9 Å². The van der Waals surface area contributed by atoms with Crippen molar-refractivity contribution in [2.45, 2.75) is 55.2 Å². The fourth-order valence-corrected chi connectivity index (χ4v) is 4.69. The van der Waals surface area contributed by atoms with Crippen LogP contribution < -0.4 is 4.74 Å². The van der Waals surface area contributed by atoms with Gasteiger partial charge in [-0.25, -0.2) is 9.37 Å². The molecule has 0 amide bonds. The summed E-state index contributed by atoms with van der Waals surface area (Å²) < 4.78 is 21.0. The van der Waals surface area contributed by atoms with E-state index in [0.29, 0.717) is 24.3 Å². The SMILES string of the molecule is Fc1ccc(OCc2nc(CSc3nnc(C4CC4)n3C3CC3)cs2)cc1. The number of benzene rings is 1. The van der Waals surface area contributed by atoms with Crippen LogP contribution in [0.1, 0.15) is 54.2 Å². The van der Waals surface area contributed by atoms with E-state index in [-0.39, 0.29) is 5.82 Å². The highest BCUT2D eigenvalue weighted by molar-refractivity contribution is 7.98. The molecule has 0 bridgehead atoms. The van der Waals surface area contributed by atoms with Gasteiger partial charge in [0.25, 0.3) is 0 Å². The number of thioether (sulfide) groups is 1. The van der Waals surface area contributed by atoms with E-state index >= 15 is 0 Å². The fourth-order valence-electron chi connectivity index (χ4n) is 2.98. The number of aromatic nitrogens is 4. The summed E-state index contributed by atoms with van der Waals surface area (Å²) in [7, 11) is 0. The summed E-state index contributed by atoms with van der Waals surface area (Å²) in [5, 5.41) is 12.9. The van der Waals surface area contributed by atoms with E-state index in [9.17, 15) is 4.39 Å².